The summed E-state index contributed by atoms with van der Waals surface area (Å²) in [5.41, 5.74) is 0.605. The summed E-state index contributed by atoms with van der Waals surface area (Å²) in [5.74, 6) is -1.14. The van der Waals surface area contributed by atoms with Crippen molar-refractivity contribution in [3.05, 3.63) is 29.3 Å². The maximum Gasteiger partial charge on any atom is 0.313 e. The van der Waals surface area contributed by atoms with Crippen LogP contribution in [0.25, 0.3) is 0 Å². The molecule has 16 heavy (non-hydrogen) atoms. The number of carboxylic acid groups (broad SMARTS) is 1. The third kappa shape index (κ3) is 5.04. The van der Waals surface area contributed by atoms with Crippen molar-refractivity contribution < 1.29 is 14.7 Å². The number of carbonyl (C=O) groups excluding carboxylic acids is 1. The lowest BCUT2D eigenvalue weighted by atomic mass is 10.3. The van der Waals surface area contributed by atoms with Crippen LogP contribution in [0.4, 0.5) is 5.69 Å². The highest BCUT2D eigenvalue weighted by atomic mass is 35.5. The Morgan fingerprint density at radius 1 is 1.38 bits per heavy atom. The maximum absolute atomic E-state index is 11.3. The van der Waals surface area contributed by atoms with E-state index in [-0.39, 0.29) is 17.4 Å². The highest BCUT2D eigenvalue weighted by Gasteiger charge is 2.04. The molecule has 0 heterocycles. The second kappa shape index (κ2) is 6.40. The molecule has 0 radical (unpaired) electrons. The van der Waals surface area contributed by atoms with Crippen LogP contribution < -0.4 is 5.32 Å². The second-order valence-electron chi connectivity index (χ2n) is 2.95. The minimum atomic E-state index is -0.930. The van der Waals surface area contributed by atoms with Crippen molar-refractivity contribution in [2.24, 2.45) is 0 Å². The first kappa shape index (κ1) is 12.9. The summed E-state index contributed by atoms with van der Waals surface area (Å²) in [6.07, 6.45) is 0. The smallest absolute Gasteiger partial charge is 0.313 e. The van der Waals surface area contributed by atoms with E-state index in [1.165, 1.54) is 0 Å². The molecule has 1 aromatic rings. The van der Waals surface area contributed by atoms with Gasteiger partial charge >= 0.3 is 5.97 Å². The van der Waals surface area contributed by atoms with Crippen LogP contribution in [-0.2, 0) is 9.59 Å². The number of rotatable bonds is 5. The number of thioether (sulfide) groups is 1. The van der Waals surface area contributed by atoms with Crippen molar-refractivity contribution >= 4 is 40.9 Å². The van der Waals surface area contributed by atoms with E-state index >= 15 is 0 Å². The molecule has 4 nitrogen and oxygen atoms in total. The van der Waals surface area contributed by atoms with Gasteiger partial charge in [-0.3, -0.25) is 9.59 Å². The Balaban J connectivity index is 2.37. The Labute approximate surface area is 102 Å². The zero-order chi connectivity index (χ0) is 12.0. The van der Waals surface area contributed by atoms with Crippen LogP contribution >= 0.6 is 23.4 Å². The van der Waals surface area contributed by atoms with Gasteiger partial charge < -0.3 is 10.4 Å². The highest BCUT2D eigenvalue weighted by Crippen LogP contribution is 2.15. The minimum Gasteiger partial charge on any atom is -0.481 e. The fourth-order valence-corrected chi connectivity index (χ4v) is 1.72. The topological polar surface area (TPSA) is 66.4 Å². The number of hydrogen-bond acceptors (Lipinski definition) is 3. The van der Waals surface area contributed by atoms with Gasteiger partial charge in [0.05, 0.1) is 11.5 Å². The van der Waals surface area contributed by atoms with E-state index in [9.17, 15) is 9.59 Å². The largest absolute Gasteiger partial charge is 0.481 e. The summed E-state index contributed by atoms with van der Waals surface area (Å²) in [6.45, 7) is 0. The van der Waals surface area contributed by atoms with Gasteiger partial charge in [-0.25, -0.2) is 0 Å². The molecule has 6 heteroatoms. The molecule has 2 N–H and O–H groups in total. The van der Waals surface area contributed by atoms with E-state index in [0.29, 0.717) is 10.7 Å². The number of carboxylic acids is 1. The van der Waals surface area contributed by atoms with Gasteiger partial charge in [-0.15, -0.1) is 11.8 Å². The monoisotopic (exact) mass is 259 g/mol. The van der Waals surface area contributed by atoms with Crippen LogP contribution in [0.3, 0.4) is 0 Å². The van der Waals surface area contributed by atoms with E-state index in [1.807, 2.05) is 0 Å². The highest BCUT2D eigenvalue weighted by molar-refractivity contribution is 8.00. The second-order valence-corrected chi connectivity index (χ2v) is 4.37. The van der Waals surface area contributed by atoms with E-state index in [4.69, 9.17) is 16.7 Å². The summed E-state index contributed by atoms with van der Waals surface area (Å²) in [7, 11) is 0. The van der Waals surface area contributed by atoms with Crippen molar-refractivity contribution in [1.82, 2.24) is 0 Å². The minimum absolute atomic E-state index is 0.0804. The van der Waals surface area contributed by atoms with Crippen LogP contribution in [0.2, 0.25) is 5.02 Å². The number of amides is 1. The van der Waals surface area contributed by atoms with Crippen LogP contribution in [0.15, 0.2) is 24.3 Å². The third-order valence-electron chi connectivity index (χ3n) is 1.57. The molecule has 0 aliphatic rings. The quantitative estimate of drug-likeness (QED) is 0.850. The molecule has 0 bridgehead atoms. The van der Waals surface area contributed by atoms with E-state index in [2.05, 4.69) is 5.32 Å². The number of halogens is 1. The lowest BCUT2D eigenvalue weighted by molar-refractivity contribution is -0.133. The van der Waals surface area contributed by atoms with E-state index < -0.39 is 5.97 Å². The number of hydrogen-bond donors (Lipinski definition) is 2. The number of aliphatic carboxylic acids is 1. The molecular weight excluding hydrogens is 250 g/mol. The molecule has 0 saturated heterocycles. The molecule has 86 valence electrons. The first-order chi connectivity index (χ1) is 7.58. The third-order valence-corrected chi connectivity index (χ3v) is 2.72. The van der Waals surface area contributed by atoms with Crippen molar-refractivity contribution in [2.45, 2.75) is 0 Å². The van der Waals surface area contributed by atoms with E-state index in [1.54, 1.807) is 24.3 Å². The predicted molar refractivity (Wildman–Crippen MR) is 65.0 cm³/mol. The molecule has 0 fully saturated rings. The predicted octanol–water partition coefficient (Wildman–Crippen LogP) is 2.10. The Bertz CT molecular complexity index is 397. The lowest BCUT2D eigenvalue weighted by Gasteiger charge is -2.04. The molecule has 1 aromatic carbocycles. The zero-order valence-corrected chi connectivity index (χ0v) is 9.85. The molecule has 0 unspecified atom stereocenters. The summed E-state index contributed by atoms with van der Waals surface area (Å²) in [4.78, 5) is 21.6. The fraction of sp³-hybridized carbons (Fsp3) is 0.200. The molecule has 0 aliphatic heterocycles. The van der Waals surface area contributed by atoms with Gasteiger partial charge in [-0.1, -0.05) is 17.7 Å². The van der Waals surface area contributed by atoms with Gasteiger partial charge in [-0.05, 0) is 18.2 Å². The SMILES string of the molecule is O=C(O)CSCC(=O)Nc1cccc(Cl)c1. The Kier molecular flexibility index (Phi) is 5.14. The number of carbonyl (C=O) groups is 2. The van der Waals surface area contributed by atoms with Gasteiger partial charge in [0.2, 0.25) is 5.91 Å². The van der Waals surface area contributed by atoms with E-state index in [0.717, 1.165) is 11.8 Å². The summed E-state index contributed by atoms with van der Waals surface area (Å²) in [6, 6.07) is 6.77. The summed E-state index contributed by atoms with van der Waals surface area (Å²) in [5, 5.41) is 11.5. The van der Waals surface area contributed by atoms with Crippen molar-refractivity contribution in [3.8, 4) is 0 Å². The Morgan fingerprint density at radius 2 is 2.12 bits per heavy atom. The van der Waals surface area contributed by atoms with Gasteiger partial charge in [-0.2, -0.15) is 0 Å². The average Bonchev–Trinajstić information content (AvgIpc) is 2.16. The standard InChI is InChI=1S/C10H10ClNO3S/c11-7-2-1-3-8(4-7)12-9(13)5-16-6-10(14)15/h1-4H,5-6H2,(H,12,13)(H,14,15). The lowest BCUT2D eigenvalue weighted by Crippen LogP contribution is -2.15. The first-order valence-electron chi connectivity index (χ1n) is 4.43. The van der Waals surface area contributed by atoms with Gasteiger partial charge in [0.25, 0.3) is 0 Å². The van der Waals surface area contributed by atoms with Gasteiger partial charge in [0.15, 0.2) is 0 Å². The molecule has 0 aliphatic carbocycles. The fourth-order valence-electron chi connectivity index (χ4n) is 0.994. The van der Waals surface area contributed by atoms with Crippen LogP contribution in [0.5, 0.6) is 0 Å². The van der Waals surface area contributed by atoms with Crippen molar-refractivity contribution in [1.29, 1.82) is 0 Å². The van der Waals surface area contributed by atoms with Crippen molar-refractivity contribution in [3.63, 3.8) is 0 Å². The van der Waals surface area contributed by atoms with Crippen LogP contribution in [0.1, 0.15) is 0 Å². The maximum atomic E-state index is 11.3. The molecule has 0 spiro atoms. The molecule has 1 rings (SSSR count). The molecule has 1 amide bonds. The Hall–Kier alpha value is -1.20. The Morgan fingerprint density at radius 3 is 2.75 bits per heavy atom. The molecular formula is C10H10ClNO3S. The number of nitrogens with one attached hydrogen (secondary N) is 1. The van der Waals surface area contributed by atoms with Gasteiger partial charge in [0.1, 0.15) is 0 Å². The summed E-state index contributed by atoms with van der Waals surface area (Å²) < 4.78 is 0. The van der Waals surface area contributed by atoms with Gasteiger partial charge in [0, 0.05) is 10.7 Å². The summed E-state index contributed by atoms with van der Waals surface area (Å²) >= 11 is 6.79. The van der Waals surface area contributed by atoms with Crippen molar-refractivity contribution in [2.75, 3.05) is 16.8 Å². The van der Waals surface area contributed by atoms with Crippen LogP contribution in [0, 0.1) is 0 Å². The normalized spacial score (nSPS) is 9.81. The zero-order valence-electron chi connectivity index (χ0n) is 8.27. The molecule has 0 aromatic heterocycles. The number of anilines is 1. The number of benzene rings is 1. The molecule has 0 atom stereocenters. The first-order valence-corrected chi connectivity index (χ1v) is 5.96. The average molecular weight is 260 g/mol. The molecule has 0 saturated carbocycles. The van der Waals surface area contributed by atoms with Crippen LogP contribution in [-0.4, -0.2) is 28.5 Å².